The van der Waals surface area contributed by atoms with Crippen molar-refractivity contribution in [3.05, 3.63) is 24.2 Å². The van der Waals surface area contributed by atoms with E-state index in [9.17, 15) is 9.59 Å². The summed E-state index contributed by atoms with van der Waals surface area (Å²) in [6, 6.07) is 0.0170. The van der Waals surface area contributed by atoms with Crippen molar-refractivity contribution >= 4 is 23.7 Å². The van der Waals surface area contributed by atoms with Crippen LogP contribution in [0.5, 0.6) is 0 Å². The monoisotopic (exact) mass is 347 g/mol. The van der Waals surface area contributed by atoms with Gasteiger partial charge in [-0.2, -0.15) is 0 Å². The maximum atomic E-state index is 12.1. The Morgan fingerprint density at radius 1 is 1.28 bits per heavy atom. The Morgan fingerprint density at radius 3 is 2.68 bits per heavy atom. The first-order chi connectivity index (χ1) is 12.1. The molecule has 0 spiro atoms. The summed E-state index contributed by atoms with van der Waals surface area (Å²) in [7, 11) is 0. The van der Waals surface area contributed by atoms with E-state index in [-0.39, 0.29) is 17.9 Å². The Kier molecular flexibility index (Phi) is 7.34. The van der Waals surface area contributed by atoms with E-state index >= 15 is 0 Å². The second-order valence-corrected chi connectivity index (χ2v) is 6.26. The lowest BCUT2D eigenvalue weighted by atomic mass is 9.88. The second kappa shape index (κ2) is 9.73. The fourth-order valence-corrected chi connectivity index (χ4v) is 2.76. The molecule has 1 atom stereocenters. The van der Waals surface area contributed by atoms with E-state index in [4.69, 9.17) is 5.21 Å². The van der Waals surface area contributed by atoms with Crippen molar-refractivity contribution in [1.29, 1.82) is 0 Å². The average molecular weight is 347 g/mol. The highest BCUT2D eigenvalue weighted by molar-refractivity contribution is 5.90. The Bertz CT molecular complexity index is 597. The Labute approximate surface area is 147 Å². The zero-order valence-corrected chi connectivity index (χ0v) is 14.4. The normalized spacial score (nSPS) is 16.4. The van der Waals surface area contributed by atoms with Crippen molar-refractivity contribution < 1.29 is 14.8 Å². The smallest absolute Gasteiger partial charge is 0.267 e. The molecule has 1 aliphatic rings. The van der Waals surface area contributed by atoms with Gasteiger partial charge < -0.3 is 10.6 Å². The number of hydrogen-bond donors (Lipinski definition) is 4. The third kappa shape index (κ3) is 6.50. The first-order valence-electron chi connectivity index (χ1n) is 8.57. The molecule has 0 saturated heterocycles. The Balaban J connectivity index is 1.76. The molecule has 1 aromatic heterocycles. The SMILES string of the molecule is C[C@H](CNC(=O)C1CCCCC1)Nc1cnc(C=CC(=O)NO)cn1. The van der Waals surface area contributed by atoms with E-state index in [0.717, 1.165) is 31.8 Å². The lowest BCUT2D eigenvalue weighted by molar-refractivity contribution is -0.126. The standard InChI is InChI=1S/C17H25N5O3/c1-12(9-20-17(24)13-5-3-2-4-6-13)21-15-11-18-14(10-19-15)7-8-16(23)22-25/h7-8,10-13,25H,2-6,9H2,1H3,(H,19,21)(H,20,24)(H,22,23)/t12-/m1/s1. The minimum Gasteiger partial charge on any atom is -0.365 e. The second-order valence-electron chi connectivity index (χ2n) is 6.26. The summed E-state index contributed by atoms with van der Waals surface area (Å²) in [6.07, 6.45) is 11.1. The molecule has 0 unspecified atom stereocenters. The molecule has 0 bridgehead atoms. The largest absolute Gasteiger partial charge is 0.365 e. The van der Waals surface area contributed by atoms with E-state index in [1.54, 1.807) is 6.20 Å². The molecule has 25 heavy (non-hydrogen) atoms. The van der Waals surface area contributed by atoms with E-state index in [1.165, 1.54) is 24.2 Å². The third-order valence-electron chi connectivity index (χ3n) is 4.14. The zero-order chi connectivity index (χ0) is 18.1. The Hall–Kier alpha value is -2.48. The molecule has 1 aromatic rings. The van der Waals surface area contributed by atoms with Crippen molar-refractivity contribution in [3.8, 4) is 0 Å². The van der Waals surface area contributed by atoms with Gasteiger partial charge in [0.2, 0.25) is 5.91 Å². The van der Waals surface area contributed by atoms with Gasteiger partial charge in [-0.25, -0.2) is 10.5 Å². The fraction of sp³-hybridized carbons (Fsp3) is 0.529. The predicted octanol–water partition coefficient (Wildman–Crippen LogP) is 1.49. The van der Waals surface area contributed by atoms with Gasteiger partial charge in [-0.1, -0.05) is 19.3 Å². The highest BCUT2D eigenvalue weighted by atomic mass is 16.5. The van der Waals surface area contributed by atoms with Gasteiger partial charge in [0, 0.05) is 24.6 Å². The van der Waals surface area contributed by atoms with Crippen LogP contribution in [0.4, 0.5) is 5.82 Å². The molecule has 0 aromatic carbocycles. The molecule has 136 valence electrons. The number of anilines is 1. The van der Waals surface area contributed by atoms with Crippen LogP contribution in [-0.2, 0) is 9.59 Å². The molecular formula is C17H25N5O3. The van der Waals surface area contributed by atoms with Gasteiger partial charge in [-0.15, -0.1) is 0 Å². The number of carbonyl (C=O) groups is 2. The average Bonchev–Trinajstić information content (AvgIpc) is 2.66. The van der Waals surface area contributed by atoms with Crippen LogP contribution in [0.2, 0.25) is 0 Å². The summed E-state index contributed by atoms with van der Waals surface area (Å²) in [5, 5.41) is 14.6. The maximum absolute atomic E-state index is 12.1. The van der Waals surface area contributed by atoms with E-state index < -0.39 is 5.91 Å². The Morgan fingerprint density at radius 2 is 2.04 bits per heavy atom. The van der Waals surface area contributed by atoms with Crippen LogP contribution < -0.4 is 16.1 Å². The number of nitrogens with zero attached hydrogens (tertiary/aromatic N) is 2. The zero-order valence-electron chi connectivity index (χ0n) is 14.4. The van der Waals surface area contributed by atoms with Gasteiger partial charge in [0.25, 0.3) is 5.91 Å². The van der Waals surface area contributed by atoms with Gasteiger partial charge >= 0.3 is 0 Å². The minimum absolute atomic E-state index is 0.0170. The molecule has 1 heterocycles. The lowest BCUT2D eigenvalue weighted by Gasteiger charge is -2.22. The summed E-state index contributed by atoms with van der Waals surface area (Å²) in [4.78, 5) is 31.4. The first-order valence-corrected chi connectivity index (χ1v) is 8.57. The summed E-state index contributed by atoms with van der Waals surface area (Å²) < 4.78 is 0. The molecule has 0 aliphatic heterocycles. The molecule has 8 nitrogen and oxygen atoms in total. The molecule has 8 heteroatoms. The molecule has 1 aliphatic carbocycles. The first kappa shape index (κ1) is 18.9. The van der Waals surface area contributed by atoms with Gasteiger partial charge in [-0.3, -0.25) is 19.8 Å². The van der Waals surface area contributed by atoms with Crippen molar-refractivity contribution in [2.24, 2.45) is 5.92 Å². The number of aromatic nitrogens is 2. The molecule has 1 saturated carbocycles. The number of hydroxylamine groups is 1. The molecular weight excluding hydrogens is 322 g/mol. The molecule has 0 radical (unpaired) electrons. The topological polar surface area (TPSA) is 116 Å². The lowest BCUT2D eigenvalue weighted by Crippen LogP contribution is -2.38. The van der Waals surface area contributed by atoms with Gasteiger partial charge in [0.15, 0.2) is 0 Å². The van der Waals surface area contributed by atoms with Crippen LogP contribution in [0, 0.1) is 5.92 Å². The van der Waals surface area contributed by atoms with E-state index in [2.05, 4.69) is 20.6 Å². The summed E-state index contributed by atoms with van der Waals surface area (Å²) in [5.74, 6) is 0.250. The third-order valence-corrected chi connectivity index (χ3v) is 4.14. The van der Waals surface area contributed by atoms with Gasteiger partial charge in [0.1, 0.15) is 5.82 Å². The van der Waals surface area contributed by atoms with Crippen molar-refractivity contribution in [3.63, 3.8) is 0 Å². The van der Waals surface area contributed by atoms with E-state index in [1.807, 2.05) is 6.92 Å². The molecule has 4 N–H and O–H groups in total. The highest BCUT2D eigenvalue weighted by Crippen LogP contribution is 2.23. The number of rotatable bonds is 7. The van der Waals surface area contributed by atoms with Crippen LogP contribution >= 0.6 is 0 Å². The van der Waals surface area contributed by atoms with Gasteiger partial charge in [0.05, 0.1) is 18.1 Å². The maximum Gasteiger partial charge on any atom is 0.267 e. The fourth-order valence-electron chi connectivity index (χ4n) is 2.76. The van der Waals surface area contributed by atoms with E-state index in [0.29, 0.717) is 18.1 Å². The van der Waals surface area contributed by atoms with Crippen LogP contribution in [0.25, 0.3) is 6.08 Å². The van der Waals surface area contributed by atoms with Crippen LogP contribution in [0.1, 0.15) is 44.7 Å². The number of carbonyl (C=O) groups excluding carboxylic acids is 2. The predicted molar refractivity (Wildman–Crippen MR) is 93.7 cm³/mol. The molecule has 2 rings (SSSR count). The van der Waals surface area contributed by atoms with Crippen molar-refractivity contribution in [1.82, 2.24) is 20.8 Å². The van der Waals surface area contributed by atoms with Crippen molar-refractivity contribution in [2.45, 2.75) is 45.1 Å². The summed E-state index contributed by atoms with van der Waals surface area (Å²) >= 11 is 0. The van der Waals surface area contributed by atoms with Crippen LogP contribution in [0.15, 0.2) is 18.5 Å². The van der Waals surface area contributed by atoms with Crippen LogP contribution in [-0.4, -0.2) is 39.6 Å². The quantitative estimate of drug-likeness (QED) is 0.337. The number of hydrogen-bond acceptors (Lipinski definition) is 6. The number of nitrogens with one attached hydrogen (secondary N) is 3. The number of amides is 2. The minimum atomic E-state index is -0.633. The summed E-state index contributed by atoms with van der Waals surface area (Å²) in [6.45, 7) is 2.48. The molecule has 1 fully saturated rings. The molecule has 2 amide bonds. The van der Waals surface area contributed by atoms with Crippen LogP contribution in [0.3, 0.4) is 0 Å². The van der Waals surface area contributed by atoms with Gasteiger partial charge in [-0.05, 0) is 25.8 Å². The van der Waals surface area contributed by atoms with Crippen molar-refractivity contribution in [2.75, 3.05) is 11.9 Å². The highest BCUT2D eigenvalue weighted by Gasteiger charge is 2.21. The summed E-state index contributed by atoms with van der Waals surface area (Å²) in [5.41, 5.74) is 1.99.